The van der Waals surface area contributed by atoms with Gasteiger partial charge in [0.25, 0.3) is 0 Å². The molecular formula is C23H32O2. The molecule has 1 saturated heterocycles. The predicted molar refractivity (Wildman–Crippen MR) is 106 cm³/mol. The summed E-state index contributed by atoms with van der Waals surface area (Å²) >= 11 is 0. The van der Waals surface area contributed by atoms with Gasteiger partial charge in [0, 0.05) is 5.56 Å². The zero-order valence-corrected chi connectivity index (χ0v) is 15.5. The van der Waals surface area contributed by atoms with Gasteiger partial charge < -0.3 is 9.84 Å². The largest absolute Gasteiger partial charge is 0.507 e. The van der Waals surface area contributed by atoms with Crippen LogP contribution in [0.25, 0.3) is 11.1 Å². The molecule has 1 aliphatic rings. The maximum Gasteiger partial charge on any atom is 0.123 e. The van der Waals surface area contributed by atoms with Crippen LogP contribution >= 0.6 is 0 Å². The van der Waals surface area contributed by atoms with Crippen LogP contribution in [-0.2, 0) is 11.2 Å². The summed E-state index contributed by atoms with van der Waals surface area (Å²) in [5.41, 5.74) is 3.38. The zero-order valence-electron chi connectivity index (χ0n) is 15.5. The van der Waals surface area contributed by atoms with E-state index < -0.39 is 0 Å². The second kappa shape index (κ2) is 11.7. The van der Waals surface area contributed by atoms with E-state index in [1.165, 1.54) is 50.5 Å². The molecule has 136 valence electrons. The molecule has 1 heterocycles. The van der Waals surface area contributed by atoms with Crippen LogP contribution in [0, 0.1) is 0 Å². The number of hydrogen-bond donors (Lipinski definition) is 1. The van der Waals surface area contributed by atoms with E-state index in [1.807, 2.05) is 24.3 Å². The number of rotatable bonds is 9. The molecule has 2 nitrogen and oxygen atoms in total. The van der Waals surface area contributed by atoms with Gasteiger partial charge in [-0.15, -0.1) is 0 Å². The Morgan fingerprint density at radius 1 is 0.800 bits per heavy atom. The number of hydrogen-bond acceptors (Lipinski definition) is 2. The zero-order chi connectivity index (χ0) is 17.7. The Hall–Kier alpha value is -1.80. The van der Waals surface area contributed by atoms with Crippen molar-refractivity contribution in [3.05, 3.63) is 54.1 Å². The highest BCUT2D eigenvalue weighted by atomic mass is 16.6. The molecule has 2 heteroatoms. The quantitative estimate of drug-likeness (QED) is 0.425. The van der Waals surface area contributed by atoms with Crippen LogP contribution in [-0.4, -0.2) is 18.3 Å². The lowest BCUT2D eigenvalue weighted by atomic mass is 9.94. The molecule has 0 aliphatic carbocycles. The van der Waals surface area contributed by atoms with Gasteiger partial charge in [0.15, 0.2) is 0 Å². The van der Waals surface area contributed by atoms with Gasteiger partial charge in [-0.1, -0.05) is 87.9 Å². The molecule has 1 aliphatic heterocycles. The second-order valence-corrected chi connectivity index (χ2v) is 6.66. The van der Waals surface area contributed by atoms with Crippen molar-refractivity contribution in [1.29, 1.82) is 0 Å². The molecule has 1 N–H and O–H groups in total. The van der Waals surface area contributed by atoms with Gasteiger partial charge in [-0.2, -0.15) is 0 Å². The van der Waals surface area contributed by atoms with Crippen molar-refractivity contribution in [2.45, 2.75) is 58.3 Å². The summed E-state index contributed by atoms with van der Waals surface area (Å²) in [7, 11) is 0. The molecule has 0 radical (unpaired) electrons. The Bertz CT molecular complexity index is 588. The normalized spacial score (nSPS) is 12.4. The van der Waals surface area contributed by atoms with Gasteiger partial charge in [0.05, 0.1) is 13.2 Å². The van der Waals surface area contributed by atoms with Gasteiger partial charge in [0.2, 0.25) is 0 Å². The molecule has 0 amide bonds. The second-order valence-electron chi connectivity index (χ2n) is 6.66. The first-order valence-electron chi connectivity index (χ1n) is 9.77. The van der Waals surface area contributed by atoms with Crippen molar-refractivity contribution in [3.63, 3.8) is 0 Å². The van der Waals surface area contributed by atoms with Crippen LogP contribution in [0.4, 0.5) is 0 Å². The molecule has 0 spiro atoms. The third-order valence-electron chi connectivity index (χ3n) is 4.45. The molecule has 0 bridgehead atoms. The topological polar surface area (TPSA) is 32.8 Å². The third kappa shape index (κ3) is 7.74. The van der Waals surface area contributed by atoms with Crippen molar-refractivity contribution >= 4 is 0 Å². The van der Waals surface area contributed by atoms with E-state index in [0.29, 0.717) is 5.75 Å². The molecule has 0 saturated carbocycles. The van der Waals surface area contributed by atoms with Crippen LogP contribution < -0.4 is 0 Å². The summed E-state index contributed by atoms with van der Waals surface area (Å²) in [4.78, 5) is 0. The van der Waals surface area contributed by atoms with Gasteiger partial charge >= 0.3 is 0 Å². The number of benzene rings is 2. The summed E-state index contributed by atoms with van der Waals surface area (Å²) < 4.78 is 4.50. The van der Waals surface area contributed by atoms with E-state index in [9.17, 15) is 5.11 Å². The predicted octanol–water partition coefficient (Wildman–Crippen LogP) is 6.37. The number of phenolic OH excluding ortho intramolecular Hbond substituents is 1. The van der Waals surface area contributed by atoms with E-state index in [0.717, 1.165) is 30.8 Å². The Kier molecular flexibility index (Phi) is 9.14. The minimum Gasteiger partial charge on any atom is -0.507 e. The summed E-state index contributed by atoms with van der Waals surface area (Å²) in [5.74, 6) is 0.395. The van der Waals surface area contributed by atoms with E-state index in [2.05, 4.69) is 29.9 Å². The van der Waals surface area contributed by atoms with Crippen molar-refractivity contribution in [1.82, 2.24) is 0 Å². The number of aryl methyl sites for hydroxylation is 1. The van der Waals surface area contributed by atoms with E-state index >= 15 is 0 Å². The maximum atomic E-state index is 10.2. The SMILES string of the molecule is C1CO1.CCCCCCCCCc1cccc(O)c1-c1ccccc1. The fourth-order valence-corrected chi connectivity index (χ4v) is 3.01. The Balaban J connectivity index is 0.000000676. The first-order chi connectivity index (χ1) is 12.3. The lowest BCUT2D eigenvalue weighted by Crippen LogP contribution is -1.92. The average molecular weight is 341 g/mol. The van der Waals surface area contributed by atoms with Crippen LogP contribution in [0.15, 0.2) is 48.5 Å². The fourth-order valence-electron chi connectivity index (χ4n) is 3.01. The molecule has 25 heavy (non-hydrogen) atoms. The van der Waals surface area contributed by atoms with Gasteiger partial charge in [-0.25, -0.2) is 0 Å². The van der Waals surface area contributed by atoms with Gasteiger partial charge in [0.1, 0.15) is 5.75 Å². The molecule has 1 fully saturated rings. The third-order valence-corrected chi connectivity index (χ3v) is 4.45. The van der Waals surface area contributed by atoms with E-state index in [1.54, 1.807) is 6.07 Å². The highest BCUT2D eigenvalue weighted by Gasteiger charge is 2.09. The monoisotopic (exact) mass is 340 g/mol. The molecule has 3 rings (SSSR count). The maximum absolute atomic E-state index is 10.2. The molecule has 0 atom stereocenters. The molecular weight excluding hydrogens is 308 g/mol. The Labute approximate surface area is 152 Å². The summed E-state index contributed by atoms with van der Waals surface area (Å²) in [6.45, 7) is 4.26. The summed E-state index contributed by atoms with van der Waals surface area (Å²) in [5, 5.41) is 10.2. The first kappa shape index (κ1) is 19.5. The lowest BCUT2D eigenvalue weighted by molar-refractivity contribution is 0.475. The standard InChI is InChI=1S/C21H28O.C2H4O/c1-2-3-4-5-6-7-9-13-19-16-12-17-20(22)21(19)18-14-10-8-11-15-18;1-2-3-1/h8,10-12,14-17,22H,2-7,9,13H2,1H3;1-2H2. The van der Waals surface area contributed by atoms with Crippen LogP contribution in [0.2, 0.25) is 0 Å². The highest BCUT2D eigenvalue weighted by Crippen LogP contribution is 2.33. The molecule has 2 aromatic rings. The Morgan fingerprint density at radius 3 is 2.08 bits per heavy atom. The van der Waals surface area contributed by atoms with Crippen LogP contribution in [0.5, 0.6) is 5.75 Å². The molecule has 0 aromatic heterocycles. The molecule has 0 unspecified atom stereocenters. The van der Waals surface area contributed by atoms with Crippen molar-refractivity contribution < 1.29 is 9.84 Å². The number of aromatic hydroxyl groups is 1. The van der Waals surface area contributed by atoms with Crippen LogP contribution in [0.1, 0.15) is 57.4 Å². The number of phenols is 1. The smallest absolute Gasteiger partial charge is 0.123 e. The Morgan fingerprint density at radius 2 is 1.44 bits per heavy atom. The van der Waals surface area contributed by atoms with Gasteiger partial charge in [-0.3, -0.25) is 0 Å². The first-order valence-corrected chi connectivity index (χ1v) is 9.77. The van der Waals surface area contributed by atoms with Crippen molar-refractivity contribution in [3.8, 4) is 16.9 Å². The van der Waals surface area contributed by atoms with Crippen molar-refractivity contribution in [2.24, 2.45) is 0 Å². The lowest BCUT2D eigenvalue weighted by Gasteiger charge is -2.12. The van der Waals surface area contributed by atoms with Crippen LogP contribution in [0.3, 0.4) is 0 Å². The summed E-state index contributed by atoms with van der Waals surface area (Å²) in [6.07, 6.45) is 10.3. The number of ether oxygens (including phenoxy) is 1. The molecule has 2 aromatic carbocycles. The van der Waals surface area contributed by atoms with Gasteiger partial charge in [-0.05, 0) is 30.0 Å². The van der Waals surface area contributed by atoms with E-state index in [4.69, 9.17) is 0 Å². The number of unbranched alkanes of at least 4 members (excludes halogenated alkanes) is 6. The average Bonchev–Trinajstić information content (AvgIpc) is 3.51. The summed E-state index contributed by atoms with van der Waals surface area (Å²) in [6, 6.07) is 16.1. The van der Waals surface area contributed by atoms with Crippen molar-refractivity contribution in [2.75, 3.05) is 13.2 Å². The number of epoxide rings is 1. The highest BCUT2D eigenvalue weighted by molar-refractivity contribution is 5.73. The fraction of sp³-hybridized carbons (Fsp3) is 0.478. The minimum absolute atomic E-state index is 0.395. The van der Waals surface area contributed by atoms with E-state index in [-0.39, 0.29) is 0 Å². The minimum atomic E-state index is 0.395.